The van der Waals surface area contributed by atoms with Crippen LogP contribution < -0.4 is 0 Å². The lowest BCUT2D eigenvalue weighted by molar-refractivity contribution is 0.993. The second-order valence-electron chi connectivity index (χ2n) is 2.70. The Kier molecular flexibility index (Phi) is 3.89. The lowest BCUT2D eigenvalue weighted by atomic mass is 10.1. The zero-order chi connectivity index (χ0) is 8.97. The van der Waals surface area contributed by atoms with Crippen molar-refractivity contribution in [2.75, 3.05) is 6.26 Å². The minimum Gasteiger partial charge on any atom is -0.137 e. The lowest BCUT2D eigenvalue weighted by Gasteiger charge is -1.97. The molecule has 0 fully saturated rings. The van der Waals surface area contributed by atoms with E-state index in [0.717, 1.165) is 12.8 Å². The fourth-order valence-electron chi connectivity index (χ4n) is 1.14. The van der Waals surface area contributed by atoms with Gasteiger partial charge < -0.3 is 0 Å². The van der Waals surface area contributed by atoms with Crippen LogP contribution in [0.3, 0.4) is 0 Å². The van der Waals surface area contributed by atoms with Crippen LogP contribution in [-0.4, -0.2) is 6.26 Å². The molecule has 66 valence electrons. The van der Waals surface area contributed by atoms with Gasteiger partial charge >= 0.3 is 0 Å². The van der Waals surface area contributed by atoms with E-state index in [1.165, 1.54) is 15.3 Å². The third kappa shape index (κ3) is 2.14. The molecule has 0 saturated carbocycles. The summed E-state index contributed by atoms with van der Waals surface area (Å²) in [4.78, 5) is 0. The molecule has 1 rings (SSSR count). The molecular weight excluding hydrogens is 184 g/mol. The topological polar surface area (TPSA) is 0 Å². The Balaban J connectivity index is 2.72. The van der Waals surface area contributed by atoms with Gasteiger partial charge in [-0.2, -0.15) is 0 Å². The smallest absolute Gasteiger partial charge is 0.0627 e. The molecule has 0 atom stereocenters. The number of hydrogen-bond donors (Lipinski definition) is 0. The summed E-state index contributed by atoms with van der Waals surface area (Å²) >= 11 is 3.70. The van der Waals surface area contributed by atoms with Gasteiger partial charge in [0.1, 0.15) is 0 Å². The van der Waals surface area contributed by atoms with Crippen LogP contribution in [0.5, 0.6) is 0 Å². The first-order chi connectivity index (χ1) is 5.79. The Morgan fingerprint density at radius 2 is 2.42 bits per heavy atom. The summed E-state index contributed by atoms with van der Waals surface area (Å²) in [6.45, 7) is 5.94. The molecule has 0 aliphatic rings. The summed E-state index contributed by atoms with van der Waals surface area (Å²) in [5, 5.41) is 2.27. The molecular formula is C10H14S2. The zero-order valence-corrected chi connectivity index (χ0v) is 9.23. The molecule has 0 N–H and O–H groups in total. The Morgan fingerprint density at radius 3 is 2.92 bits per heavy atom. The molecule has 1 aromatic heterocycles. The predicted molar refractivity (Wildman–Crippen MR) is 59.4 cm³/mol. The van der Waals surface area contributed by atoms with Crippen molar-refractivity contribution < 1.29 is 0 Å². The Hall–Kier alpha value is -0.210. The van der Waals surface area contributed by atoms with Crippen molar-refractivity contribution in [1.29, 1.82) is 0 Å². The highest BCUT2D eigenvalue weighted by Crippen LogP contribution is 2.30. The highest BCUT2D eigenvalue weighted by molar-refractivity contribution is 8.00. The van der Waals surface area contributed by atoms with E-state index in [9.17, 15) is 0 Å². The minimum atomic E-state index is 1.09. The van der Waals surface area contributed by atoms with Crippen molar-refractivity contribution in [3.63, 3.8) is 0 Å². The van der Waals surface area contributed by atoms with Gasteiger partial charge in [0.25, 0.3) is 0 Å². The molecule has 0 saturated heterocycles. The largest absolute Gasteiger partial charge is 0.137 e. The maximum Gasteiger partial charge on any atom is 0.0627 e. The SMILES string of the molecule is C=CCCc1csc(SC)c1C. The van der Waals surface area contributed by atoms with E-state index < -0.39 is 0 Å². The van der Waals surface area contributed by atoms with Crippen LogP contribution in [0.4, 0.5) is 0 Å². The number of thiophene rings is 1. The van der Waals surface area contributed by atoms with Gasteiger partial charge in [0.15, 0.2) is 0 Å². The van der Waals surface area contributed by atoms with Crippen molar-refractivity contribution in [3.8, 4) is 0 Å². The van der Waals surface area contributed by atoms with Crippen LogP contribution in [0.2, 0.25) is 0 Å². The number of aryl methyl sites for hydroxylation is 1. The van der Waals surface area contributed by atoms with E-state index in [1.54, 1.807) is 0 Å². The molecule has 0 spiro atoms. The molecule has 0 amide bonds. The van der Waals surface area contributed by atoms with Gasteiger partial charge in [0, 0.05) is 0 Å². The molecule has 12 heavy (non-hydrogen) atoms. The number of rotatable bonds is 4. The molecule has 0 nitrogen and oxygen atoms in total. The van der Waals surface area contributed by atoms with Gasteiger partial charge in [0.2, 0.25) is 0 Å². The Morgan fingerprint density at radius 1 is 1.67 bits per heavy atom. The average molecular weight is 198 g/mol. The molecule has 1 heterocycles. The molecule has 2 heteroatoms. The first-order valence-corrected chi connectivity index (χ1v) is 6.12. The van der Waals surface area contributed by atoms with E-state index in [2.05, 4.69) is 25.1 Å². The quantitative estimate of drug-likeness (QED) is 0.522. The van der Waals surface area contributed by atoms with Crippen LogP contribution in [-0.2, 0) is 6.42 Å². The first-order valence-electron chi connectivity index (χ1n) is 4.01. The third-order valence-electron chi connectivity index (χ3n) is 1.90. The summed E-state index contributed by atoms with van der Waals surface area (Å²) in [7, 11) is 0. The van der Waals surface area contributed by atoms with Gasteiger partial charge in [-0.15, -0.1) is 29.7 Å². The minimum absolute atomic E-state index is 1.09. The molecule has 0 unspecified atom stereocenters. The standard InChI is InChI=1S/C10H14S2/c1-4-5-6-9-7-12-10(11-3)8(9)2/h4,7H,1,5-6H2,2-3H3. The molecule has 1 aromatic rings. The predicted octanol–water partition coefficient (Wildman–Crippen LogP) is 3.90. The van der Waals surface area contributed by atoms with Crippen molar-refractivity contribution in [1.82, 2.24) is 0 Å². The van der Waals surface area contributed by atoms with E-state index >= 15 is 0 Å². The van der Waals surface area contributed by atoms with Gasteiger partial charge in [0.05, 0.1) is 4.21 Å². The second-order valence-corrected chi connectivity index (χ2v) is 4.66. The van der Waals surface area contributed by atoms with E-state index in [0.29, 0.717) is 0 Å². The number of allylic oxidation sites excluding steroid dienone is 1. The third-order valence-corrected chi connectivity index (χ3v) is 4.29. The van der Waals surface area contributed by atoms with Crippen LogP contribution in [0, 0.1) is 6.92 Å². The second kappa shape index (κ2) is 4.73. The fraction of sp³-hybridized carbons (Fsp3) is 0.400. The van der Waals surface area contributed by atoms with E-state index in [1.807, 2.05) is 29.2 Å². The van der Waals surface area contributed by atoms with Crippen LogP contribution in [0.15, 0.2) is 22.2 Å². The summed E-state index contributed by atoms with van der Waals surface area (Å²) in [6.07, 6.45) is 6.35. The summed E-state index contributed by atoms with van der Waals surface area (Å²) in [5.41, 5.74) is 2.96. The van der Waals surface area contributed by atoms with Crippen molar-refractivity contribution in [3.05, 3.63) is 29.2 Å². The lowest BCUT2D eigenvalue weighted by Crippen LogP contribution is -1.82. The van der Waals surface area contributed by atoms with Crippen molar-refractivity contribution in [2.45, 2.75) is 24.0 Å². The highest BCUT2D eigenvalue weighted by atomic mass is 32.2. The summed E-state index contributed by atoms with van der Waals surface area (Å²) < 4.78 is 1.45. The van der Waals surface area contributed by atoms with Crippen molar-refractivity contribution in [2.24, 2.45) is 0 Å². The molecule has 0 aliphatic carbocycles. The Bertz CT molecular complexity index is 261. The first kappa shape index (κ1) is 9.87. The monoisotopic (exact) mass is 198 g/mol. The van der Waals surface area contributed by atoms with Crippen molar-refractivity contribution >= 4 is 23.1 Å². The van der Waals surface area contributed by atoms with Gasteiger partial charge in [-0.1, -0.05) is 6.08 Å². The zero-order valence-electron chi connectivity index (χ0n) is 7.59. The van der Waals surface area contributed by atoms with E-state index in [4.69, 9.17) is 0 Å². The number of hydrogen-bond acceptors (Lipinski definition) is 2. The maximum absolute atomic E-state index is 3.73. The average Bonchev–Trinajstić information content (AvgIpc) is 2.43. The maximum atomic E-state index is 3.73. The van der Waals surface area contributed by atoms with Gasteiger partial charge in [-0.3, -0.25) is 0 Å². The Labute approximate surface area is 82.7 Å². The normalized spacial score (nSPS) is 10.2. The van der Waals surface area contributed by atoms with Gasteiger partial charge in [-0.05, 0) is 42.5 Å². The number of thioether (sulfide) groups is 1. The molecule has 0 radical (unpaired) electrons. The van der Waals surface area contributed by atoms with E-state index in [-0.39, 0.29) is 0 Å². The fourth-order valence-corrected chi connectivity index (χ4v) is 2.96. The van der Waals surface area contributed by atoms with Crippen LogP contribution in [0.25, 0.3) is 0 Å². The summed E-state index contributed by atoms with van der Waals surface area (Å²) in [5.74, 6) is 0. The van der Waals surface area contributed by atoms with Crippen LogP contribution >= 0.6 is 23.1 Å². The highest BCUT2D eigenvalue weighted by Gasteiger charge is 2.04. The van der Waals surface area contributed by atoms with Crippen LogP contribution in [0.1, 0.15) is 17.5 Å². The van der Waals surface area contributed by atoms with Gasteiger partial charge in [-0.25, -0.2) is 0 Å². The summed E-state index contributed by atoms with van der Waals surface area (Å²) in [6, 6.07) is 0. The molecule has 0 bridgehead atoms. The molecule has 0 aliphatic heterocycles. The molecule has 0 aromatic carbocycles.